The Balaban J connectivity index is 2.23. The number of halogens is 1. The molecule has 1 N–H and O–H groups in total. The summed E-state index contributed by atoms with van der Waals surface area (Å²) in [6.45, 7) is 4.52. The van der Waals surface area contributed by atoms with Gasteiger partial charge >= 0.3 is 0 Å². The van der Waals surface area contributed by atoms with E-state index in [1.807, 2.05) is 6.07 Å². The zero-order chi connectivity index (χ0) is 13.0. The first-order valence-electron chi connectivity index (χ1n) is 6.40. The fourth-order valence-corrected chi connectivity index (χ4v) is 2.46. The Morgan fingerprint density at radius 1 is 1.56 bits per heavy atom. The van der Waals surface area contributed by atoms with Crippen molar-refractivity contribution in [3.63, 3.8) is 0 Å². The van der Waals surface area contributed by atoms with Gasteiger partial charge in [-0.3, -0.25) is 0 Å². The van der Waals surface area contributed by atoms with Gasteiger partial charge in [0.1, 0.15) is 0 Å². The van der Waals surface area contributed by atoms with Crippen molar-refractivity contribution in [1.29, 1.82) is 0 Å². The Kier molecular flexibility index (Phi) is 4.55. The molecule has 1 aromatic rings. The molecular weight excluding hydrogens is 233 g/mol. The number of hydrogen-bond acceptors (Lipinski definition) is 3. The van der Waals surface area contributed by atoms with Gasteiger partial charge in [0.25, 0.3) is 0 Å². The molecule has 0 spiro atoms. The van der Waals surface area contributed by atoms with Gasteiger partial charge in [0.2, 0.25) is 0 Å². The quantitative estimate of drug-likeness (QED) is 0.874. The lowest BCUT2D eigenvalue weighted by Gasteiger charge is -2.24. The Bertz CT molecular complexity index is 391. The average molecular weight is 253 g/mol. The summed E-state index contributed by atoms with van der Waals surface area (Å²) >= 11 is 0. The van der Waals surface area contributed by atoms with Crippen molar-refractivity contribution in [2.45, 2.75) is 19.4 Å². The molecule has 0 aromatic heterocycles. The fraction of sp³-hybridized carbons (Fsp3) is 0.571. The molecule has 1 saturated heterocycles. The van der Waals surface area contributed by atoms with E-state index >= 15 is 0 Å². The van der Waals surface area contributed by atoms with E-state index in [1.54, 1.807) is 6.07 Å². The molecule has 1 aliphatic heterocycles. The number of methoxy groups -OCH3 is 1. The first-order chi connectivity index (χ1) is 8.76. The summed E-state index contributed by atoms with van der Waals surface area (Å²) in [6.07, 6.45) is 1.04. The Labute approximate surface area is 107 Å². The van der Waals surface area contributed by atoms with Gasteiger partial charge in [0, 0.05) is 18.6 Å². The van der Waals surface area contributed by atoms with E-state index in [1.165, 1.54) is 13.2 Å². The van der Waals surface area contributed by atoms with Gasteiger partial charge in [-0.05, 0) is 30.7 Å². The highest BCUT2D eigenvalue weighted by molar-refractivity contribution is 5.32. The van der Waals surface area contributed by atoms with Gasteiger partial charge < -0.3 is 14.8 Å². The standard InChI is InChI=1S/C14H20FNO2/c1-3-16-14(11-6-7-18-9-11)10-4-5-12(15)13(8-10)17-2/h4-5,8,11,14,16H,3,6-7,9H2,1-2H3. The summed E-state index contributed by atoms with van der Waals surface area (Å²) in [5, 5.41) is 3.45. The van der Waals surface area contributed by atoms with Crippen LogP contribution in [0.2, 0.25) is 0 Å². The lowest BCUT2D eigenvalue weighted by Crippen LogP contribution is -2.28. The van der Waals surface area contributed by atoms with Crippen molar-refractivity contribution in [1.82, 2.24) is 5.32 Å². The van der Waals surface area contributed by atoms with Gasteiger partial charge in [-0.15, -0.1) is 0 Å². The molecule has 4 heteroatoms. The molecule has 0 saturated carbocycles. The minimum Gasteiger partial charge on any atom is -0.494 e. The highest BCUT2D eigenvalue weighted by Gasteiger charge is 2.27. The Morgan fingerprint density at radius 2 is 2.39 bits per heavy atom. The van der Waals surface area contributed by atoms with Crippen LogP contribution in [-0.4, -0.2) is 26.9 Å². The minimum absolute atomic E-state index is 0.201. The highest BCUT2D eigenvalue weighted by atomic mass is 19.1. The maximum atomic E-state index is 13.4. The molecule has 18 heavy (non-hydrogen) atoms. The van der Waals surface area contributed by atoms with Crippen LogP contribution in [0.25, 0.3) is 0 Å². The first-order valence-corrected chi connectivity index (χ1v) is 6.40. The molecule has 2 rings (SSSR count). The second kappa shape index (κ2) is 6.16. The van der Waals surface area contributed by atoms with Crippen LogP contribution in [0.5, 0.6) is 5.75 Å². The van der Waals surface area contributed by atoms with Crippen molar-refractivity contribution in [2.24, 2.45) is 5.92 Å². The highest BCUT2D eigenvalue weighted by Crippen LogP contribution is 2.31. The summed E-state index contributed by atoms with van der Waals surface area (Å²) < 4.78 is 23.9. The van der Waals surface area contributed by atoms with Crippen molar-refractivity contribution in [3.8, 4) is 5.75 Å². The topological polar surface area (TPSA) is 30.5 Å². The molecule has 2 atom stereocenters. The lowest BCUT2D eigenvalue weighted by atomic mass is 9.92. The third-order valence-corrected chi connectivity index (χ3v) is 3.39. The third-order valence-electron chi connectivity index (χ3n) is 3.39. The maximum absolute atomic E-state index is 13.4. The number of hydrogen-bond donors (Lipinski definition) is 1. The second-order valence-corrected chi connectivity index (χ2v) is 4.55. The van der Waals surface area contributed by atoms with E-state index in [9.17, 15) is 4.39 Å². The van der Waals surface area contributed by atoms with E-state index in [0.29, 0.717) is 11.7 Å². The van der Waals surface area contributed by atoms with Gasteiger partial charge in [0.15, 0.2) is 11.6 Å². The van der Waals surface area contributed by atoms with E-state index in [2.05, 4.69) is 12.2 Å². The van der Waals surface area contributed by atoms with Gasteiger partial charge in [-0.25, -0.2) is 4.39 Å². The largest absolute Gasteiger partial charge is 0.494 e. The van der Waals surface area contributed by atoms with Crippen molar-refractivity contribution in [3.05, 3.63) is 29.6 Å². The zero-order valence-corrected chi connectivity index (χ0v) is 10.9. The smallest absolute Gasteiger partial charge is 0.165 e. The summed E-state index contributed by atoms with van der Waals surface area (Å²) in [7, 11) is 1.49. The van der Waals surface area contributed by atoms with Crippen LogP contribution in [0.15, 0.2) is 18.2 Å². The monoisotopic (exact) mass is 253 g/mol. The van der Waals surface area contributed by atoms with Crippen LogP contribution < -0.4 is 10.1 Å². The van der Waals surface area contributed by atoms with Crippen LogP contribution in [0, 0.1) is 11.7 Å². The first kappa shape index (κ1) is 13.3. The van der Waals surface area contributed by atoms with E-state index < -0.39 is 0 Å². The van der Waals surface area contributed by atoms with Crippen LogP contribution in [0.1, 0.15) is 24.9 Å². The number of benzene rings is 1. The molecule has 2 unspecified atom stereocenters. The van der Waals surface area contributed by atoms with Crippen LogP contribution in [0.4, 0.5) is 4.39 Å². The number of nitrogens with one attached hydrogen (secondary N) is 1. The molecule has 1 aliphatic rings. The van der Waals surface area contributed by atoms with Crippen LogP contribution in [0.3, 0.4) is 0 Å². The molecule has 1 fully saturated rings. The fourth-order valence-electron chi connectivity index (χ4n) is 2.46. The Morgan fingerprint density at radius 3 is 3.00 bits per heavy atom. The number of rotatable bonds is 5. The van der Waals surface area contributed by atoms with Gasteiger partial charge in [-0.1, -0.05) is 13.0 Å². The number of ether oxygens (including phenoxy) is 2. The average Bonchev–Trinajstić information content (AvgIpc) is 2.90. The van der Waals surface area contributed by atoms with Crippen molar-refractivity contribution in [2.75, 3.05) is 26.9 Å². The molecular formula is C14H20FNO2. The van der Waals surface area contributed by atoms with Crippen LogP contribution >= 0.6 is 0 Å². The summed E-state index contributed by atoms with van der Waals surface area (Å²) in [5.41, 5.74) is 1.06. The second-order valence-electron chi connectivity index (χ2n) is 4.55. The van der Waals surface area contributed by atoms with Gasteiger partial charge in [-0.2, -0.15) is 0 Å². The molecule has 3 nitrogen and oxygen atoms in total. The summed E-state index contributed by atoms with van der Waals surface area (Å²) in [5.74, 6) is 0.425. The third kappa shape index (κ3) is 2.82. The minimum atomic E-state index is -0.320. The van der Waals surface area contributed by atoms with E-state index in [4.69, 9.17) is 9.47 Å². The molecule has 100 valence electrons. The molecule has 0 amide bonds. The zero-order valence-electron chi connectivity index (χ0n) is 10.9. The molecule has 0 aliphatic carbocycles. The predicted octanol–water partition coefficient (Wildman–Crippen LogP) is 2.52. The SMILES string of the molecule is CCNC(c1ccc(F)c(OC)c1)C1CCOC1. The normalized spacial score (nSPS) is 20.9. The molecule has 0 radical (unpaired) electrons. The maximum Gasteiger partial charge on any atom is 0.165 e. The van der Waals surface area contributed by atoms with Crippen LogP contribution in [-0.2, 0) is 4.74 Å². The Hall–Kier alpha value is -1.13. The van der Waals surface area contributed by atoms with Crippen molar-refractivity contribution < 1.29 is 13.9 Å². The van der Waals surface area contributed by atoms with E-state index in [0.717, 1.165) is 31.7 Å². The molecule has 1 heterocycles. The molecule has 0 bridgehead atoms. The van der Waals surface area contributed by atoms with Gasteiger partial charge in [0.05, 0.1) is 13.7 Å². The summed E-state index contributed by atoms with van der Waals surface area (Å²) in [6, 6.07) is 5.27. The predicted molar refractivity (Wildman–Crippen MR) is 68.3 cm³/mol. The van der Waals surface area contributed by atoms with Crippen molar-refractivity contribution >= 4 is 0 Å². The lowest BCUT2D eigenvalue weighted by molar-refractivity contribution is 0.177. The molecule has 1 aromatic carbocycles. The summed E-state index contributed by atoms with van der Waals surface area (Å²) in [4.78, 5) is 0. The van der Waals surface area contributed by atoms with E-state index in [-0.39, 0.29) is 11.9 Å².